The van der Waals surface area contributed by atoms with Gasteiger partial charge in [0.05, 0.1) is 13.3 Å². The van der Waals surface area contributed by atoms with Crippen LogP contribution in [0.5, 0.6) is 5.75 Å². The van der Waals surface area contributed by atoms with Crippen LogP contribution in [0.15, 0.2) is 18.5 Å². The number of ether oxygens (including phenoxy) is 1. The maximum Gasteiger partial charge on any atom is 0.166 e. The molecular weight excluding hydrogens is 204 g/mol. The van der Waals surface area contributed by atoms with Gasteiger partial charge < -0.3 is 10.5 Å². The summed E-state index contributed by atoms with van der Waals surface area (Å²) in [6.45, 7) is 0. The van der Waals surface area contributed by atoms with Crippen molar-refractivity contribution in [2.24, 2.45) is 11.7 Å². The first kappa shape index (κ1) is 11.1. The Morgan fingerprint density at radius 2 is 2.38 bits per heavy atom. The van der Waals surface area contributed by atoms with Gasteiger partial charge in [-0.25, -0.2) is 0 Å². The average molecular weight is 220 g/mol. The van der Waals surface area contributed by atoms with Crippen molar-refractivity contribution in [3.8, 4) is 5.75 Å². The Bertz CT molecular complexity index is 388. The highest BCUT2D eigenvalue weighted by molar-refractivity contribution is 5.96. The van der Waals surface area contributed by atoms with E-state index in [0.717, 1.165) is 12.8 Å². The Kier molecular flexibility index (Phi) is 3.19. The molecule has 1 aliphatic rings. The quantitative estimate of drug-likeness (QED) is 0.762. The number of rotatable bonds is 5. The fraction of sp³-hybridized carbons (Fsp3) is 0.500. The number of nitrogens with two attached hydrogens (primary N) is 1. The minimum atomic E-state index is -0.00120. The Balaban J connectivity index is 2.01. The van der Waals surface area contributed by atoms with Crippen LogP contribution in [-0.2, 0) is 0 Å². The van der Waals surface area contributed by atoms with Crippen LogP contribution in [0.4, 0.5) is 0 Å². The highest BCUT2D eigenvalue weighted by Gasteiger charge is 2.30. The van der Waals surface area contributed by atoms with Crippen molar-refractivity contribution in [1.82, 2.24) is 4.98 Å². The number of methoxy groups -OCH3 is 1. The summed E-state index contributed by atoms with van der Waals surface area (Å²) in [6, 6.07) is 1.70. The van der Waals surface area contributed by atoms with Crippen LogP contribution < -0.4 is 10.5 Å². The van der Waals surface area contributed by atoms with Crippen LogP contribution in [0, 0.1) is 5.92 Å². The van der Waals surface area contributed by atoms with Gasteiger partial charge in [0, 0.05) is 24.2 Å². The molecule has 1 saturated carbocycles. The summed E-state index contributed by atoms with van der Waals surface area (Å²) in [5, 5.41) is 0. The van der Waals surface area contributed by atoms with Gasteiger partial charge in [-0.3, -0.25) is 9.78 Å². The van der Waals surface area contributed by atoms with Crippen LogP contribution >= 0.6 is 0 Å². The highest BCUT2D eigenvalue weighted by atomic mass is 16.5. The second-order valence-electron chi connectivity index (χ2n) is 4.24. The number of carbonyl (C=O) groups is 1. The summed E-state index contributed by atoms with van der Waals surface area (Å²) in [4.78, 5) is 15.8. The number of hydrogen-bond acceptors (Lipinski definition) is 4. The van der Waals surface area contributed by atoms with Crippen LogP contribution in [0.2, 0.25) is 0 Å². The molecule has 1 aromatic heterocycles. The van der Waals surface area contributed by atoms with Crippen LogP contribution in [0.1, 0.15) is 29.6 Å². The first-order valence-corrected chi connectivity index (χ1v) is 5.48. The molecule has 1 aromatic rings. The lowest BCUT2D eigenvalue weighted by molar-refractivity contribution is 0.0970. The van der Waals surface area contributed by atoms with Crippen molar-refractivity contribution < 1.29 is 9.53 Å². The first-order valence-electron chi connectivity index (χ1n) is 5.48. The van der Waals surface area contributed by atoms with Crippen LogP contribution in [0.25, 0.3) is 0 Å². The minimum absolute atomic E-state index is 0.00120. The molecule has 86 valence electrons. The van der Waals surface area contributed by atoms with Gasteiger partial charge in [0.1, 0.15) is 5.75 Å². The average Bonchev–Trinajstić information content (AvgIpc) is 3.13. The molecule has 0 spiro atoms. The van der Waals surface area contributed by atoms with Gasteiger partial charge in [-0.1, -0.05) is 0 Å². The summed E-state index contributed by atoms with van der Waals surface area (Å²) in [6.07, 6.45) is 5.86. The van der Waals surface area contributed by atoms with Gasteiger partial charge in [-0.05, 0) is 24.8 Å². The van der Waals surface area contributed by atoms with E-state index in [1.165, 1.54) is 0 Å². The number of carbonyl (C=O) groups excluding carboxylic acids is 1. The van der Waals surface area contributed by atoms with E-state index in [-0.39, 0.29) is 11.8 Å². The SMILES string of the molecule is COc1cncc(C(=O)CC(N)C2CC2)c1. The van der Waals surface area contributed by atoms with Crippen molar-refractivity contribution in [3.05, 3.63) is 24.0 Å². The maximum atomic E-state index is 11.9. The highest BCUT2D eigenvalue weighted by Crippen LogP contribution is 2.33. The molecule has 1 unspecified atom stereocenters. The molecular formula is C12H16N2O2. The molecule has 1 aliphatic carbocycles. The van der Waals surface area contributed by atoms with Crippen molar-refractivity contribution in [1.29, 1.82) is 0 Å². The molecule has 16 heavy (non-hydrogen) atoms. The van der Waals surface area contributed by atoms with E-state index in [0.29, 0.717) is 23.7 Å². The summed E-state index contributed by atoms with van der Waals surface area (Å²) in [5.41, 5.74) is 6.49. The number of Topliss-reactive ketones (excluding diaryl/α,β-unsaturated/α-hetero) is 1. The lowest BCUT2D eigenvalue weighted by atomic mass is 10.0. The van der Waals surface area contributed by atoms with Crippen molar-refractivity contribution in [2.75, 3.05) is 7.11 Å². The van der Waals surface area contributed by atoms with Gasteiger partial charge in [-0.15, -0.1) is 0 Å². The summed E-state index contributed by atoms with van der Waals surface area (Å²) >= 11 is 0. The van der Waals surface area contributed by atoms with E-state index < -0.39 is 0 Å². The van der Waals surface area contributed by atoms with Gasteiger partial charge in [0.2, 0.25) is 0 Å². The van der Waals surface area contributed by atoms with Crippen LogP contribution in [-0.4, -0.2) is 23.9 Å². The summed E-state index contributed by atoms with van der Waals surface area (Å²) in [5.74, 6) is 1.19. The zero-order valence-corrected chi connectivity index (χ0v) is 9.35. The molecule has 1 heterocycles. The predicted molar refractivity (Wildman–Crippen MR) is 60.4 cm³/mol. The molecule has 0 radical (unpaired) electrons. The zero-order valence-electron chi connectivity index (χ0n) is 9.35. The topological polar surface area (TPSA) is 65.2 Å². The van der Waals surface area contributed by atoms with E-state index in [9.17, 15) is 4.79 Å². The molecule has 1 atom stereocenters. The normalized spacial score (nSPS) is 16.9. The molecule has 4 nitrogen and oxygen atoms in total. The molecule has 0 bridgehead atoms. The molecule has 0 aliphatic heterocycles. The number of ketones is 1. The standard InChI is InChI=1S/C12H16N2O2/c1-16-10-4-9(6-14-7-10)12(15)5-11(13)8-2-3-8/h4,6-8,11H,2-3,5,13H2,1H3. The number of hydrogen-bond donors (Lipinski definition) is 1. The lowest BCUT2D eigenvalue weighted by Gasteiger charge is -2.09. The Hall–Kier alpha value is -1.42. The maximum absolute atomic E-state index is 11.9. The Labute approximate surface area is 94.8 Å². The zero-order chi connectivity index (χ0) is 11.5. The molecule has 2 N–H and O–H groups in total. The second-order valence-corrected chi connectivity index (χ2v) is 4.24. The number of aromatic nitrogens is 1. The van der Waals surface area contributed by atoms with E-state index in [4.69, 9.17) is 10.5 Å². The Morgan fingerprint density at radius 3 is 3.00 bits per heavy atom. The third-order valence-corrected chi connectivity index (χ3v) is 2.92. The van der Waals surface area contributed by atoms with Gasteiger partial charge in [0.15, 0.2) is 5.78 Å². The van der Waals surface area contributed by atoms with E-state index in [1.54, 1.807) is 25.6 Å². The predicted octanol–water partition coefficient (Wildman–Crippen LogP) is 1.40. The van der Waals surface area contributed by atoms with Crippen molar-refractivity contribution in [2.45, 2.75) is 25.3 Å². The minimum Gasteiger partial charge on any atom is -0.495 e. The third kappa shape index (κ3) is 2.58. The molecule has 1 fully saturated rings. The first-order chi connectivity index (χ1) is 7.70. The molecule has 0 saturated heterocycles. The molecule has 2 rings (SSSR count). The summed E-state index contributed by atoms with van der Waals surface area (Å²) in [7, 11) is 1.56. The van der Waals surface area contributed by atoms with Gasteiger partial charge in [0.25, 0.3) is 0 Å². The van der Waals surface area contributed by atoms with E-state index in [2.05, 4.69) is 4.98 Å². The third-order valence-electron chi connectivity index (χ3n) is 2.92. The largest absolute Gasteiger partial charge is 0.495 e. The second kappa shape index (κ2) is 4.61. The fourth-order valence-corrected chi connectivity index (χ4v) is 1.71. The molecule has 0 amide bonds. The monoisotopic (exact) mass is 220 g/mol. The Morgan fingerprint density at radius 1 is 1.62 bits per heavy atom. The van der Waals surface area contributed by atoms with Crippen molar-refractivity contribution >= 4 is 5.78 Å². The molecule has 4 heteroatoms. The lowest BCUT2D eigenvalue weighted by Crippen LogP contribution is -2.26. The summed E-state index contributed by atoms with van der Waals surface area (Å²) < 4.78 is 5.02. The smallest absolute Gasteiger partial charge is 0.166 e. The molecule has 0 aromatic carbocycles. The van der Waals surface area contributed by atoms with Gasteiger partial charge in [-0.2, -0.15) is 0 Å². The van der Waals surface area contributed by atoms with Crippen molar-refractivity contribution in [3.63, 3.8) is 0 Å². The number of pyridine rings is 1. The van der Waals surface area contributed by atoms with E-state index >= 15 is 0 Å². The number of nitrogens with zero attached hydrogens (tertiary/aromatic N) is 1. The van der Waals surface area contributed by atoms with Gasteiger partial charge >= 0.3 is 0 Å². The fourth-order valence-electron chi connectivity index (χ4n) is 1.71. The van der Waals surface area contributed by atoms with E-state index in [1.807, 2.05) is 0 Å². The van der Waals surface area contributed by atoms with Crippen LogP contribution in [0.3, 0.4) is 0 Å².